The fourth-order valence-corrected chi connectivity index (χ4v) is 2.63. The number of aryl methyl sites for hydroxylation is 2. The van der Waals surface area contributed by atoms with Crippen LogP contribution < -0.4 is 5.32 Å². The van der Waals surface area contributed by atoms with Gasteiger partial charge in [-0.3, -0.25) is 5.10 Å². The second-order valence-electron chi connectivity index (χ2n) is 5.05. The topological polar surface area (TPSA) is 40.7 Å². The fraction of sp³-hybridized carbons (Fsp3) is 0.769. The molecule has 16 heavy (non-hydrogen) atoms. The summed E-state index contributed by atoms with van der Waals surface area (Å²) in [4.78, 5) is 0. The number of aromatic amines is 1. The molecule has 1 fully saturated rings. The van der Waals surface area contributed by atoms with E-state index in [1.807, 2.05) is 0 Å². The van der Waals surface area contributed by atoms with Crippen molar-refractivity contribution in [3.8, 4) is 0 Å². The van der Waals surface area contributed by atoms with Crippen LogP contribution in [0.2, 0.25) is 0 Å². The second-order valence-corrected chi connectivity index (χ2v) is 5.05. The Morgan fingerprint density at radius 1 is 1.19 bits per heavy atom. The Labute approximate surface area is 98.0 Å². The zero-order chi connectivity index (χ0) is 11.4. The van der Waals surface area contributed by atoms with Crippen molar-refractivity contribution in [2.45, 2.75) is 52.4 Å². The fourth-order valence-electron chi connectivity index (χ4n) is 2.63. The highest BCUT2D eigenvalue weighted by atomic mass is 15.1. The van der Waals surface area contributed by atoms with Crippen molar-refractivity contribution >= 4 is 5.69 Å². The molecular weight excluding hydrogens is 198 g/mol. The van der Waals surface area contributed by atoms with Crippen LogP contribution in [0.5, 0.6) is 0 Å². The molecule has 0 amide bonds. The maximum Gasteiger partial charge on any atom is 0.0825 e. The minimum Gasteiger partial charge on any atom is -0.382 e. The average Bonchev–Trinajstić information content (AvgIpc) is 2.51. The van der Waals surface area contributed by atoms with E-state index in [1.54, 1.807) is 0 Å². The molecule has 2 rings (SSSR count). The van der Waals surface area contributed by atoms with Crippen molar-refractivity contribution in [3.05, 3.63) is 11.4 Å². The monoisotopic (exact) mass is 221 g/mol. The molecule has 1 aromatic heterocycles. The van der Waals surface area contributed by atoms with E-state index in [2.05, 4.69) is 29.4 Å². The van der Waals surface area contributed by atoms with E-state index < -0.39 is 0 Å². The number of H-pyrrole nitrogens is 1. The Kier molecular flexibility index (Phi) is 3.86. The van der Waals surface area contributed by atoms with Gasteiger partial charge in [0.25, 0.3) is 0 Å². The summed E-state index contributed by atoms with van der Waals surface area (Å²) in [6.45, 7) is 5.25. The molecule has 0 bridgehead atoms. The zero-order valence-corrected chi connectivity index (χ0v) is 10.5. The van der Waals surface area contributed by atoms with Crippen LogP contribution >= 0.6 is 0 Å². The molecule has 0 saturated heterocycles. The molecule has 0 unspecified atom stereocenters. The quantitative estimate of drug-likeness (QED) is 0.768. The number of nitrogens with zero attached hydrogens (tertiary/aromatic N) is 1. The normalized spacial score (nSPS) is 18.4. The lowest BCUT2D eigenvalue weighted by atomic mass is 10.0. The molecule has 0 spiro atoms. The first-order chi connectivity index (χ1) is 7.77. The first-order valence-electron chi connectivity index (χ1n) is 6.53. The highest BCUT2D eigenvalue weighted by molar-refractivity contribution is 5.51. The average molecular weight is 221 g/mol. The van der Waals surface area contributed by atoms with Gasteiger partial charge in [-0.25, -0.2) is 0 Å². The maximum absolute atomic E-state index is 4.21. The molecule has 3 nitrogen and oxygen atoms in total. The van der Waals surface area contributed by atoms with Gasteiger partial charge in [-0.1, -0.05) is 25.7 Å². The first kappa shape index (κ1) is 11.5. The van der Waals surface area contributed by atoms with E-state index >= 15 is 0 Å². The number of anilines is 1. The SMILES string of the molecule is Cc1n[nH]c(C)c1NCC1CCCCCC1. The Morgan fingerprint density at radius 2 is 1.88 bits per heavy atom. The number of rotatable bonds is 3. The molecule has 1 saturated carbocycles. The van der Waals surface area contributed by atoms with Crippen LogP contribution in [-0.4, -0.2) is 16.7 Å². The van der Waals surface area contributed by atoms with Gasteiger partial charge in [0, 0.05) is 6.54 Å². The lowest BCUT2D eigenvalue weighted by molar-refractivity contribution is 0.483. The van der Waals surface area contributed by atoms with Gasteiger partial charge in [-0.2, -0.15) is 5.10 Å². The van der Waals surface area contributed by atoms with Gasteiger partial charge in [-0.05, 0) is 32.6 Å². The standard InChI is InChI=1S/C13H23N3/c1-10-13(11(2)16-15-10)14-9-12-7-5-3-4-6-8-12/h12,14H,3-9H2,1-2H3,(H,15,16). The summed E-state index contributed by atoms with van der Waals surface area (Å²) >= 11 is 0. The number of aromatic nitrogens is 2. The number of hydrogen-bond acceptors (Lipinski definition) is 2. The summed E-state index contributed by atoms with van der Waals surface area (Å²) in [5, 5.41) is 10.8. The van der Waals surface area contributed by atoms with E-state index in [1.165, 1.54) is 44.2 Å². The molecule has 1 aliphatic rings. The lowest BCUT2D eigenvalue weighted by Gasteiger charge is -2.15. The highest BCUT2D eigenvalue weighted by Crippen LogP contribution is 2.24. The number of nitrogens with one attached hydrogen (secondary N) is 2. The van der Waals surface area contributed by atoms with Crippen LogP contribution in [0.25, 0.3) is 0 Å². The molecule has 1 heterocycles. The number of hydrogen-bond donors (Lipinski definition) is 2. The third-order valence-corrected chi connectivity index (χ3v) is 3.67. The van der Waals surface area contributed by atoms with Gasteiger partial charge in [-0.15, -0.1) is 0 Å². The largest absolute Gasteiger partial charge is 0.382 e. The molecule has 0 radical (unpaired) electrons. The van der Waals surface area contributed by atoms with Crippen molar-refractivity contribution in [1.29, 1.82) is 0 Å². The van der Waals surface area contributed by atoms with E-state index in [-0.39, 0.29) is 0 Å². The van der Waals surface area contributed by atoms with Crippen molar-refractivity contribution in [3.63, 3.8) is 0 Å². The van der Waals surface area contributed by atoms with Crippen LogP contribution in [0.4, 0.5) is 5.69 Å². The van der Waals surface area contributed by atoms with Crippen LogP contribution in [0.15, 0.2) is 0 Å². The van der Waals surface area contributed by atoms with Crippen molar-refractivity contribution < 1.29 is 0 Å². The van der Waals surface area contributed by atoms with Crippen molar-refractivity contribution in [1.82, 2.24) is 10.2 Å². The predicted octanol–water partition coefficient (Wildman–Crippen LogP) is 3.41. The van der Waals surface area contributed by atoms with Crippen molar-refractivity contribution in [2.75, 3.05) is 11.9 Å². The molecule has 3 heteroatoms. The Morgan fingerprint density at radius 3 is 2.44 bits per heavy atom. The predicted molar refractivity (Wildman–Crippen MR) is 67.7 cm³/mol. The van der Waals surface area contributed by atoms with E-state index in [0.717, 1.165) is 23.9 Å². The van der Waals surface area contributed by atoms with Crippen LogP contribution in [0.1, 0.15) is 49.9 Å². The van der Waals surface area contributed by atoms with Gasteiger partial charge in [0.1, 0.15) is 0 Å². The minimum atomic E-state index is 0.858. The summed E-state index contributed by atoms with van der Waals surface area (Å²) in [6.07, 6.45) is 8.47. The van der Waals surface area contributed by atoms with Gasteiger partial charge in [0.05, 0.1) is 17.1 Å². The summed E-state index contributed by atoms with van der Waals surface area (Å²) in [6, 6.07) is 0. The molecule has 0 aromatic carbocycles. The summed E-state index contributed by atoms with van der Waals surface area (Å²) in [7, 11) is 0. The summed E-state index contributed by atoms with van der Waals surface area (Å²) in [5.41, 5.74) is 3.46. The highest BCUT2D eigenvalue weighted by Gasteiger charge is 2.13. The van der Waals surface area contributed by atoms with E-state index in [9.17, 15) is 0 Å². The zero-order valence-electron chi connectivity index (χ0n) is 10.5. The third kappa shape index (κ3) is 2.77. The first-order valence-corrected chi connectivity index (χ1v) is 6.53. The molecule has 2 N–H and O–H groups in total. The molecular formula is C13H23N3. The van der Waals surface area contributed by atoms with Crippen LogP contribution in [-0.2, 0) is 0 Å². The molecule has 1 aromatic rings. The Bertz CT molecular complexity index is 302. The summed E-state index contributed by atoms with van der Waals surface area (Å²) in [5.74, 6) is 0.858. The van der Waals surface area contributed by atoms with Crippen LogP contribution in [0.3, 0.4) is 0 Å². The molecule has 0 atom stereocenters. The second kappa shape index (κ2) is 5.37. The molecule has 0 aliphatic heterocycles. The van der Waals surface area contributed by atoms with Crippen LogP contribution in [0, 0.1) is 19.8 Å². The lowest BCUT2D eigenvalue weighted by Crippen LogP contribution is -2.14. The minimum absolute atomic E-state index is 0.858. The smallest absolute Gasteiger partial charge is 0.0825 e. The Hall–Kier alpha value is -0.990. The van der Waals surface area contributed by atoms with E-state index in [4.69, 9.17) is 0 Å². The maximum atomic E-state index is 4.21. The van der Waals surface area contributed by atoms with Gasteiger partial charge in [0.2, 0.25) is 0 Å². The van der Waals surface area contributed by atoms with Gasteiger partial charge >= 0.3 is 0 Å². The third-order valence-electron chi connectivity index (χ3n) is 3.67. The molecule has 90 valence electrons. The van der Waals surface area contributed by atoms with Gasteiger partial charge in [0.15, 0.2) is 0 Å². The van der Waals surface area contributed by atoms with Gasteiger partial charge < -0.3 is 5.32 Å². The summed E-state index contributed by atoms with van der Waals surface area (Å²) < 4.78 is 0. The van der Waals surface area contributed by atoms with E-state index in [0.29, 0.717) is 0 Å². The molecule has 1 aliphatic carbocycles. The Balaban J connectivity index is 1.86. The van der Waals surface area contributed by atoms with Crippen molar-refractivity contribution in [2.24, 2.45) is 5.92 Å².